The summed E-state index contributed by atoms with van der Waals surface area (Å²) < 4.78 is 38.1. The fourth-order valence-corrected chi connectivity index (χ4v) is 3.61. The molecule has 0 saturated carbocycles. The van der Waals surface area contributed by atoms with Crippen molar-refractivity contribution < 1.29 is 18.0 Å². The molecule has 2 atom stereocenters. The molecule has 5 nitrogen and oxygen atoms in total. The Hall–Kier alpha value is -1.83. The molecule has 138 valence electrons. The summed E-state index contributed by atoms with van der Waals surface area (Å²) in [6.45, 7) is 7.01. The molecule has 8 heteroatoms. The normalized spacial score (nSPS) is 24.3. The van der Waals surface area contributed by atoms with Gasteiger partial charge in [0.1, 0.15) is 5.69 Å². The molecule has 4 heterocycles. The minimum atomic E-state index is -4.52. The molecule has 25 heavy (non-hydrogen) atoms. The van der Waals surface area contributed by atoms with E-state index in [1.165, 1.54) is 5.57 Å². The van der Waals surface area contributed by atoms with Gasteiger partial charge in [-0.1, -0.05) is 11.6 Å². The summed E-state index contributed by atoms with van der Waals surface area (Å²) in [5.74, 6) is -0.0676. The van der Waals surface area contributed by atoms with Crippen molar-refractivity contribution >= 4 is 5.91 Å². The first kappa shape index (κ1) is 18.0. The van der Waals surface area contributed by atoms with Gasteiger partial charge < -0.3 is 4.90 Å². The van der Waals surface area contributed by atoms with E-state index in [-0.39, 0.29) is 11.7 Å². The van der Waals surface area contributed by atoms with Gasteiger partial charge in [-0.15, -0.1) is 0 Å². The van der Waals surface area contributed by atoms with Crippen molar-refractivity contribution in [2.45, 2.75) is 38.9 Å². The summed E-state index contributed by atoms with van der Waals surface area (Å²) in [6, 6.07) is 1.05. The van der Waals surface area contributed by atoms with E-state index in [1.807, 2.05) is 5.10 Å². The second-order valence-electron chi connectivity index (χ2n) is 7.21. The largest absolute Gasteiger partial charge is 0.432 e. The predicted octanol–water partition coefficient (Wildman–Crippen LogP) is 2.93. The third-order valence-electron chi connectivity index (χ3n) is 4.95. The maximum atomic E-state index is 12.7. The Kier molecular flexibility index (Phi) is 4.90. The molecular formula is C17H23F3N4O. The van der Waals surface area contributed by atoms with Gasteiger partial charge in [0.2, 0.25) is 0 Å². The van der Waals surface area contributed by atoms with Crippen LogP contribution in [-0.2, 0) is 6.18 Å². The van der Waals surface area contributed by atoms with Crippen molar-refractivity contribution in [1.29, 1.82) is 0 Å². The maximum Gasteiger partial charge on any atom is 0.432 e. The first-order valence-corrected chi connectivity index (χ1v) is 8.53. The number of rotatable bonds is 3. The lowest BCUT2D eigenvalue weighted by Crippen LogP contribution is -2.44. The Morgan fingerprint density at radius 1 is 1.32 bits per heavy atom. The molecule has 4 rings (SSSR count). The minimum absolute atomic E-state index is 0.163. The highest BCUT2D eigenvalue weighted by Crippen LogP contribution is 2.30. The quantitative estimate of drug-likeness (QED) is 0.848. The number of hydrogen-bond acceptors (Lipinski definition) is 3. The van der Waals surface area contributed by atoms with Crippen LogP contribution in [0.3, 0.4) is 0 Å². The fraction of sp³-hybridized carbons (Fsp3) is 0.647. The average molecular weight is 356 g/mol. The lowest BCUT2D eigenvalue weighted by atomic mass is 9.95. The number of aromatic nitrogens is 2. The molecular weight excluding hydrogens is 333 g/mol. The Morgan fingerprint density at radius 3 is 2.72 bits per heavy atom. The summed E-state index contributed by atoms with van der Waals surface area (Å²) in [4.78, 5) is 16.7. The Bertz CT molecular complexity index is 663. The molecule has 1 N–H and O–H groups in total. The molecule has 0 radical (unpaired) electrons. The van der Waals surface area contributed by atoms with Crippen LogP contribution in [0.15, 0.2) is 17.7 Å². The molecule has 3 fully saturated rings. The van der Waals surface area contributed by atoms with E-state index in [4.69, 9.17) is 0 Å². The van der Waals surface area contributed by atoms with Gasteiger partial charge in [0, 0.05) is 38.3 Å². The van der Waals surface area contributed by atoms with Gasteiger partial charge >= 0.3 is 6.18 Å². The third kappa shape index (κ3) is 4.05. The zero-order valence-electron chi connectivity index (χ0n) is 14.4. The smallest absolute Gasteiger partial charge is 0.335 e. The SMILES string of the molecule is CC(C)=CCN1C[C@H]2CC[C@@H]1CN(C(=O)c1cc(C(F)(F)F)[nH]n1)C2. The topological polar surface area (TPSA) is 52.2 Å². The van der Waals surface area contributed by atoms with E-state index >= 15 is 0 Å². The van der Waals surface area contributed by atoms with Gasteiger partial charge in [-0.2, -0.15) is 18.3 Å². The Morgan fingerprint density at radius 2 is 2.08 bits per heavy atom. The van der Waals surface area contributed by atoms with Gasteiger partial charge in [0.25, 0.3) is 5.91 Å². The van der Waals surface area contributed by atoms with Crippen molar-refractivity contribution in [3.8, 4) is 0 Å². The molecule has 3 aliphatic rings. The molecule has 0 aromatic carbocycles. The number of aromatic amines is 1. The van der Waals surface area contributed by atoms with Crippen LogP contribution < -0.4 is 0 Å². The summed E-state index contributed by atoms with van der Waals surface area (Å²) in [5.41, 5.74) is 0.104. The molecule has 0 aliphatic carbocycles. The van der Waals surface area contributed by atoms with Gasteiger partial charge in [-0.3, -0.25) is 14.8 Å². The van der Waals surface area contributed by atoms with Crippen LogP contribution in [0.5, 0.6) is 0 Å². The highest BCUT2D eigenvalue weighted by atomic mass is 19.4. The molecule has 0 spiro atoms. The number of carbonyl (C=O) groups excluding carboxylic acids is 1. The fourth-order valence-electron chi connectivity index (χ4n) is 3.61. The van der Waals surface area contributed by atoms with Crippen LogP contribution in [0, 0.1) is 5.92 Å². The molecule has 1 aromatic heterocycles. The van der Waals surface area contributed by atoms with Crippen LogP contribution in [0.4, 0.5) is 13.2 Å². The van der Waals surface area contributed by atoms with Gasteiger partial charge in [0.05, 0.1) is 0 Å². The van der Waals surface area contributed by atoms with E-state index < -0.39 is 17.8 Å². The molecule has 1 aromatic rings. The highest BCUT2D eigenvalue weighted by molar-refractivity contribution is 5.92. The second-order valence-corrected chi connectivity index (χ2v) is 7.21. The van der Waals surface area contributed by atoms with E-state index in [9.17, 15) is 18.0 Å². The summed E-state index contributed by atoms with van der Waals surface area (Å²) in [6.07, 6.45) is -0.284. The number of halogens is 3. The predicted molar refractivity (Wildman–Crippen MR) is 87.0 cm³/mol. The summed E-state index contributed by atoms with van der Waals surface area (Å²) in [7, 11) is 0. The van der Waals surface area contributed by atoms with Crippen molar-refractivity contribution in [1.82, 2.24) is 20.0 Å². The third-order valence-corrected chi connectivity index (χ3v) is 4.95. The van der Waals surface area contributed by atoms with E-state index in [0.29, 0.717) is 19.0 Å². The lowest BCUT2D eigenvalue weighted by Gasteiger charge is -2.35. The monoisotopic (exact) mass is 356 g/mol. The average Bonchev–Trinajstić information content (AvgIpc) is 2.87. The number of H-pyrrole nitrogens is 1. The molecule has 3 aliphatic heterocycles. The Balaban J connectivity index is 1.72. The molecule has 0 unspecified atom stereocenters. The van der Waals surface area contributed by atoms with Crippen molar-refractivity contribution in [2.24, 2.45) is 5.92 Å². The van der Waals surface area contributed by atoms with Crippen molar-refractivity contribution in [2.75, 3.05) is 26.2 Å². The van der Waals surface area contributed by atoms with E-state index in [2.05, 4.69) is 29.9 Å². The highest BCUT2D eigenvalue weighted by Gasteiger charge is 2.38. The zero-order chi connectivity index (χ0) is 18.2. The minimum Gasteiger partial charge on any atom is -0.335 e. The van der Waals surface area contributed by atoms with Gasteiger partial charge in [-0.25, -0.2) is 0 Å². The van der Waals surface area contributed by atoms with Gasteiger partial charge in [-0.05, 0) is 32.6 Å². The first-order valence-electron chi connectivity index (χ1n) is 8.53. The van der Waals surface area contributed by atoms with Crippen LogP contribution in [0.1, 0.15) is 42.9 Å². The first-order chi connectivity index (χ1) is 11.7. The molecule has 3 saturated heterocycles. The molecule has 1 amide bonds. The number of allylic oxidation sites excluding steroid dienone is 1. The van der Waals surface area contributed by atoms with E-state index in [1.54, 1.807) is 4.90 Å². The lowest BCUT2D eigenvalue weighted by molar-refractivity contribution is -0.141. The van der Waals surface area contributed by atoms with Crippen molar-refractivity contribution in [3.05, 3.63) is 29.1 Å². The van der Waals surface area contributed by atoms with E-state index in [0.717, 1.165) is 32.0 Å². The Labute approximate surface area is 144 Å². The number of fused-ring (bicyclic) bond motifs is 4. The number of nitrogens with zero attached hydrogens (tertiary/aromatic N) is 3. The second kappa shape index (κ2) is 6.82. The number of carbonyl (C=O) groups is 1. The maximum absolute atomic E-state index is 12.7. The standard InChI is InChI=1S/C17H23F3N4O/c1-11(2)5-6-23-8-12-3-4-13(23)10-24(9-12)16(25)14-7-15(22-21-14)17(18,19)20/h5,7,12-13H,3-4,6,8-10H2,1-2H3,(H,21,22)/t12-,13-/m1/s1. The zero-order valence-corrected chi connectivity index (χ0v) is 14.4. The van der Waals surface area contributed by atoms with Crippen LogP contribution >= 0.6 is 0 Å². The number of amides is 1. The number of alkyl halides is 3. The van der Waals surface area contributed by atoms with Gasteiger partial charge in [0.15, 0.2) is 5.69 Å². The van der Waals surface area contributed by atoms with Crippen LogP contribution in [-0.4, -0.2) is 58.1 Å². The summed E-state index contributed by atoms with van der Waals surface area (Å²) >= 11 is 0. The number of hydrogen-bond donors (Lipinski definition) is 1. The van der Waals surface area contributed by atoms with Crippen LogP contribution in [0.2, 0.25) is 0 Å². The van der Waals surface area contributed by atoms with Crippen LogP contribution in [0.25, 0.3) is 0 Å². The van der Waals surface area contributed by atoms with Crippen molar-refractivity contribution in [3.63, 3.8) is 0 Å². The summed E-state index contributed by atoms with van der Waals surface area (Å²) in [5, 5.41) is 5.50. The number of piperidine rings is 1. The molecule has 2 bridgehead atoms. The number of nitrogens with one attached hydrogen (secondary N) is 1.